The Morgan fingerprint density at radius 1 is 1.12 bits per heavy atom. The molecule has 1 fully saturated rings. The first kappa shape index (κ1) is 18.2. The number of amides is 2. The van der Waals surface area contributed by atoms with Crippen LogP contribution in [0.4, 0.5) is 0 Å². The average Bonchev–Trinajstić information content (AvgIpc) is 3.14. The van der Waals surface area contributed by atoms with Crippen LogP contribution in [0.5, 0.6) is 5.75 Å². The van der Waals surface area contributed by atoms with Gasteiger partial charge in [0.05, 0.1) is 12.9 Å². The SMILES string of the molecule is COc1ccc(-n2cnnc2SCC(=O)N2CCN(C(C)=O)CC2)cc1. The number of piperazine rings is 1. The molecule has 138 valence electrons. The summed E-state index contributed by atoms with van der Waals surface area (Å²) in [6, 6.07) is 7.55. The Balaban J connectivity index is 1.58. The molecule has 0 saturated carbocycles. The summed E-state index contributed by atoms with van der Waals surface area (Å²) in [7, 11) is 1.62. The summed E-state index contributed by atoms with van der Waals surface area (Å²) < 4.78 is 7.00. The molecule has 2 heterocycles. The van der Waals surface area contributed by atoms with Crippen LogP contribution in [0.25, 0.3) is 5.69 Å². The van der Waals surface area contributed by atoms with Crippen molar-refractivity contribution in [3.8, 4) is 11.4 Å². The molecule has 2 amide bonds. The standard InChI is InChI=1S/C17H21N5O3S/c1-13(23)20-7-9-21(10-8-20)16(24)11-26-17-19-18-12-22(17)14-3-5-15(25-2)6-4-14/h3-6,12H,7-11H2,1-2H3. The monoisotopic (exact) mass is 375 g/mol. The molecule has 1 aliphatic rings. The van der Waals surface area contributed by atoms with E-state index >= 15 is 0 Å². The molecule has 0 unspecified atom stereocenters. The van der Waals surface area contributed by atoms with Gasteiger partial charge in [-0.25, -0.2) is 0 Å². The van der Waals surface area contributed by atoms with Gasteiger partial charge in [-0.05, 0) is 24.3 Å². The highest BCUT2D eigenvalue weighted by Crippen LogP contribution is 2.22. The molecule has 9 heteroatoms. The van der Waals surface area contributed by atoms with Gasteiger partial charge in [0.15, 0.2) is 5.16 Å². The number of benzene rings is 1. The van der Waals surface area contributed by atoms with Crippen molar-refractivity contribution in [1.82, 2.24) is 24.6 Å². The topological polar surface area (TPSA) is 80.6 Å². The van der Waals surface area contributed by atoms with E-state index in [1.165, 1.54) is 11.8 Å². The zero-order chi connectivity index (χ0) is 18.5. The predicted molar refractivity (Wildman–Crippen MR) is 97.5 cm³/mol. The van der Waals surface area contributed by atoms with E-state index in [2.05, 4.69) is 10.2 Å². The Kier molecular flexibility index (Phi) is 5.77. The number of methoxy groups -OCH3 is 1. The van der Waals surface area contributed by atoms with E-state index in [-0.39, 0.29) is 17.6 Å². The Bertz CT molecular complexity index is 769. The maximum Gasteiger partial charge on any atom is 0.233 e. The number of nitrogens with zero attached hydrogens (tertiary/aromatic N) is 5. The van der Waals surface area contributed by atoms with E-state index in [1.54, 1.807) is 30.2 Å². The number of carbonyl (C=O) groups is 2. The van der Waals surface area contributed by atoms with Crippen molar-refractivity contribution in [2.75, 3.05) is 39.0 Å². The molecule has 0 atom stereocenters. The fourth-order valence-electron chi connectivity index (χ4n) is 2.73. The summed E-state index contributed by atoms with van der Waals surface area (Å²) in [6.07, 6.45) is 1.63. The average molecular weight is 375 g/mol. The fraction of sp³-hybridized carbons (Fsp3) is 0.412. The van der Waals surface area contributed by atoms with Crippen LogP contribution < -0.4 is 4.74 Å². The number of hydrogen-bond acceptors (Lipinski definition) is 6. The third-order valence-electron chi connectivity index (χ3n) is 4.27. The zero-order valence-corrected chi connectivity index (χ0v) is 15.6. The Labute approximate surface area is 156 Å². The summed E-state index contributed by atoms with van der Waals surface area (Å²) in [4.78, 5) is 27.3. The molecule has 1 aromatic carbocycles. The van der Waals surface area contributed by atoms with E-state index in [0.29, 0.717) is 31.3 Å². The van der Waals surface area contributed by atoms with Gasteiger partial charge in [0, 0.05) is 38.8 Å². The number of rotatable bonds is 5. The third-order valence-corrected chi connectivity index (χ3v) is 5.20. The molecule has 1 aliphatic heterocycles. The summed E-state index contributed by atoms with van der Waals surface area (Å²) >= 11 is 1.35. The smallest absolute Gasteiger partial charge is 0.233 e. The van der Waals surface area contributed by atoms with E-state index in [0.717, 1.165) is 11.4 Å². The quantitative estimate of drug-likeness (QED) is 0.727. The molecule has 0 aliphatic carbocycles. The van der Waals surface area contributed by atoms with Gasteiger partial charge in [-0.1, -0.05) is 11.8 Å². The van der Waals surface area contributed by atoms with Gasteiger partial charge in [0.2, 0.25) is 11.8 Å². The van der Waals surface area contributed by atoms with E-state index < -0.39 is 0 Å². The summed E-state index contributed by atoms with van der Waals surface area (Å²) in [6.45, 7) is 3.88. The Morgan fingerprint density at radius 2 is 1.77 bits per heavy atom. The summed E-state index contributed by atoms with van der Waals surface area (Å²) in [5.74, 6) is 1.16. The minimum atomic E-state index is 0.0440. The van der Waals surface area contributed by atoms with Gasteiger partial charge in [-0.3, -0.25) is 14.2 Å². The second-order valence-corrected chi connectivity index (χ2v) is 6.80. The van der Waals surface area contributed by atoms with Crippen LogP contribution in [-0.4, -0.2) is 75.4 Å². The highest BCUT2D eigenvalue weighted by atomic mass is 32.2. The minimum absolute atomic E-state index is 0.0440. The Hall–Kier alpha value is -2.55. The molecule has 1 saturated heterocycles. The molecule has 1 aromatic heterocycles. The predicted octanol–water partition coefficient (Wildman–Crippen LogP) is 1.06. The maximum absolute atomic E-state index is 12.4. The second kappa shape index (κ2) is 8.22. The summed E-state index contributed by atoms with van der Waals surface area (Å²) in [5.41, 5.74) is 0.904. The normalized spacial score (nSPS) is 14.4. The third kappa shape index (κ3) is 4.16. The molecule has 0 N–H and O–H groups in total. The number of hydrogen-bond donors (Lipinski definition) is 0. The van der Waals surface area contributed by atoms with Gasteiger partial charge in [-0.15, -0.1) is 10.2 Å². The molecular formula is C17H21N5O3S. The Morgan fingerprint density at radius 3 is 2.38 bits per heavy atom. The highest BCUT2D eigenvalue weighted by Gasteiger charge is 2.22. The van der Waals surface area contributed by atoms with Crippen LogP contribution in [0.2, 0.25) is 0 Å². The first-order valence-corrected chi connectivity index (χ1v) is 9.27. The van der Waals surface area contributed by atoms with Crippen molar-refractivity contribution in [2.24, 2.45) is 0 Å². The van der Waals surface area contributed by atoms with E-state index in [9.17, 15) is 9.59 Å². The lowest BCUT2D eigenvalue weighted by molar-refractivity contribution is -0.136. The lowest BCUT2D eigenvalue weighted by atomic mass is 10.3. The molecule has 0 radical (unpaired) electrons. The van der Waals surface area contributed by atoms with Crippen LogP contribution in [-0.2, 0) is 9.59 Å². The van der Waals surface area contributed by atoms with Crippen molar-refractivity contribution in [3.63, 3.8) is 0 Å². The molecular weight excluding hydrogens is 354 g/mol. The fourth-order valence-corrected chi connectivity index (χ4v) is 3.56. The van der Waals surface area contributed by atoms with Crippen molar-refractivity contribution in [1.29, 1.82) is 0 Å². The van der Waals surface area contributed by atoms with Crippen molar-refractivity contribution >= 4 is 23.6 Å². The minimum Gasteiger partial charge on any atom is -0.497 e. The molecule has 8 nitrogen and oxygen atoms in total. The van der Waals surface area contributed by atoms with Crippen LogP contribution in [0.1, 0.15) is 6.92 Å². The van der Waals surface area contributed by atoms with Crippen LogP contribution >= 0.6 is 11.8 Å². The van der Waals surface area contributed by atoms with Crippen LogP contribution in [0.3, 0.4) is 0 Å². The molecule has 26 heavy (non-hydrogen) atoms. The highest BCUT2D eigenvalue weighted by molar-refractivity contribution is 7.99. The number of ether oxygens (including phenoxy) is 1. The van der Waals surface area contributed by atoms with Gasteiger partial charge < -0.3 is 14.5 Å². The van der Waals surface area contributed by atoms with Crippen LogP contribution in [0, 0.1) is 0 Å². The van der Waals surface area contributed by atoms with Crippen LogP contribution in [0.15, 0.2) is 35.7 Å². The van der Waals surface area contributed by atoms with Gasteiger partial charge in [-0.2, -0.15) is 0 Å². The zero-order valence-electron chi connectivity index (χ0n) is 14.8. The van der Waals surface area contributed by atoms with Crippen molar-refractivity contribution in [2.45, 2.75) is 12.1 Å². The van der Waals surface area contributed by atoms with Gasteiger partial charge >= 0.3 is 0 Å². The lowest BCUT2D eigenvalue weighted by Crippen LogP contribution is -2.50. The molecule has 3 rings (SSSR count). The largest absolute Gasteiger partial charge is 0.497 e. The number of thioether (sulfide) groups is 1. The maximum atomic E-state index is 12.4. The second-order valence-electron chi connectivity index (χ2n) is 5.86. The number of carbonyl (C=O) groups excluding carboxylic acids is 2. The van der Waals surface area contributed by atoms with Crippen molar-refractivity contribution < 1.29 is 14.3 Å². The van der Waals surface area contributed by atoms with E-state index in [1.807, 2.05) is 28.8 Å². The molecule has 0 spiro atoms. The first-order valence-electron chi connectivity index (χ1n) is 8.29. The molecule has 0 bridgehead atoms. The van der Waals surface area contributed by atoms with Crippen molar-refractivity contribution in [3.05, 3.63) is 30.6 Å². The van der Waals surface area contributed by atoms with Gasteiger partial charge in [0.25, 0.3) is 0 Å². The lowest BCUT2D eigenvalue weighted by Gasteiger charge is -2.34. The first-order chi connectivity index (χ1) is 12.6. The number of aromatic nitrogens is 3. The van der Waals surface area contributed by atoms with Gasteiger partial charge in [0.1, 0.15) is 12.1 Å². The van der Waals surface area contributed by atoms with E-state index in [4.69, 9.17) is 4.74 Å². The summed E-state index contributed by atoms with van der Waals surface area (Å²) in [5, 5.41) is 8.72. The molecule has 2 aromatic rings.